The van der Waals surface area contributed by atoms with Gasteiger partial charge in [-0.2, -0.15) is 4.98 Å². The van der Waals surface area contributed by atoms with Gasteiger partial charge in [0.05, 0.1) is 30.1 Å². The summed E-state index contributed by atoms with van der Waals surface area (Å²) in [5, 5.41) is 13.5. The van der Waals surface area contributed by atoms with Crippen LogP contribution in [0, 0.1) is 0 Å². The zero-order valence-corrected chi connectivity index (χ0v) is 16.7. The standard InChI is InChI=1S/C21H23N7O2/c1-26-15-3-2-4-16(15)28-17(20(26)30)7-12-8-23-21(25-19(12)28)24-18-6-5-13(9-22-18)27-10-14(29)11-27/h5-9,14-16,29H,2-4,10-11H2,1H3,(H,22,23,24,25). The van der Waals surface area contributed by atoms with Gasteiger partial charge in [-0.05, 0) is 37.5 Å². The summed E-state index contributed by atoms with van der Waals surface area (Å²) < 4.78 is 2.12. The minimum absolute atomic E-state index is 0.0547. The highest BCUT2D eigenvalue weighted by Crippen LogP contribution is 2.41. The Morgan fingerprint density at radius 2 is 1.97 bits per heavy atom. The van der Waals surface area contributed by atoms with Crippen molar-refractivity contribution in [3.8, 4) is 0 Å². The summed E-state index contributed by atoms with van der Waals surface area (Å²) in [6, 6.07) is 6.26. The quantitative estimate of drug-likeness (QED) is 0.687. The molecule has 0 aromatic carbocycles. The van der Waals surface area contributed by atoms with E-state index in [0.29, 0.717) is 30.5 Å². The molecule has 9 heteroatoms. The molecule has 6 rings (SSSR count). The first kappa shape index (κ1) is 17.6. The Morgan fingerprint density at radius 3 is 2.73 bits per heavy atom. The van der Waals surface area contributed by atoms with Crippen LogP contribution in [0.1, 0.15) is 35.8 Å². The van der Waals surface area contributed by atoms with Crippen LogP contribution in [0.2, 0.25) is 0 Å². The zero-order chi connectivity index (χ0) is 20.4. The number of likely N-dealkylation sites (N-methyl/N-ethyl adjacent to an activating group) is 1. The van der Waals surface area contributed by atoms with Crippen LogP contribution >= 0.6 is 0 Å². The molecular weight excluding hydrogens is 382 g/mol. The average Bonchev–Trinajstić information content (AvgIpc) is 3.35. The molecule has 1 amide bonds. The topological polar surface area (TPSA) is 99.4 Å². The van der Waals surface area contributed by atoms with Crippen LogP contribution in [0.3, 0.4) is 0 Å². The molecule has 2 fully saturated rings. The molecule has 0 spiro atoms. The number of aromatic nitrogens is 4. The van der Waals surface area contributed by atoms with Crippen molar-refractivity contribution < 1.29 is 9.90 Å². The molecule has 30 heavy (non-hydrogen) atoms. The zero-order valence-electron chi connectivity index (χ0n) is 16.7. The molecule has 2 unspecified atom stereocenters. The van der Waals surface area contributed by atoms with Gasteiger partial charge < -0.3 is 24.8 Å². The Bertz CT molecular complexity index is 1140. The first-order valence-corrected chi connectivity index (χ1v) is 10.4. The van der Waals surface area contributed by atoms with Gasteiger partial charge >= 0.3 is 0 Å². The fourth-order valence-corrected chi connectivity index (χ4v) is 5.00. The number of aliphatic hydroxyl groups excluding tert-OH is 1. The van der Waals surface area contributed by atoms with Crippen LogP contribution in [-0.4, -0.2) is 67.7 Å². The number of aliphatic hydroxyl groups is 1. The second kappa shape index (κ2) is 6.40. The van der Waals surface area contributed by atoms with Crippen LogP contribution in [0.5, 0.6) is 0 Å². The summed E-state index contributed by atoms with van der Waals surface area (Å²) in [5.74, 6) is 1.17. The van der Waals surface area contributed by atoms with E-state index in [1.54, 1.807) is 12.4 Å². The smallest absolute Gasteiger partial charge is 0.270 e. The number of nitrogens with one attached hydrogen (secondary N) is 1. The van der Waals surface area contributed by atoms with Crippen molar-refractivity contribution in [2.24, 2.45) is 0 Å². The number of pyridine rings is 1. The Balaban J connectivity index is 1.31. The minimum atomic E-state index is -0.248. The van der Waals surface area contributed by atoms with Crippen molar-refractivity contribution in [1.82, 2.24) is 24.4 Å². The summed E-state index contributed by atoms with van der Waals surface area (Å²) in [7, 11) is 1.90. The molecule has 1 saturated carbocycles. The summed E-state index contributed by atoms with van der Waals surface area (Å²) in [5.41, 5.74) is 2.48. The van der Waals surface area contributed by atoms with E-state index in [0.717, 1.165) is 36.0 Å². The number of rotatable bonds is 3. The lowest BCUT2D eigenvalue weighted by molar-refractivity contribution is 0.0632. The highest BCUT2D eigenvalue weighted by Gasteiger charge is 2.41. The number of hydrogen-bond acceptors (Lipinski definition) is 7. The maximum absolute atomic E-state index is 12.9. The normalized spacial score (nSPS) is 23.5. The van der Waals surface area contributed by atoms with Gasteiger partial charge in [0.2, 0.25) is 5.95 Å². The predicted molar refractivity (Wildman–Crippen MR) is 112 cm³/mol. The first-order valence-electron chi connectivity index (χ1n) is 10.4. The van der Waals surface area contributed by atoms with Crippen LogP contribution in [0.15, 0.2) is 30.6 Å². The van der Waals surface area contributed by atoms with E-state index in [2.05, 4.69) is 24.8 Å². The van der Waals surface area contributed by atoms with Crippen molar-refractivity contribution in [2.75, 3.05) is 30.4 Å². The van der Waals surface area contributed by atoms with Crippen molar-refractivity contribution in [3.63, 3.8) is 0 Å². The fourth-order valence-electron chi connectivity index (χ4n) is 5.00. The van der Waals surface area contributed by atoms with Crippen LogP contribution in [0.4, 0.5) is 17.5 Å². The Labute approximate surface area is 173 Å². The number of β-amino-alcohol motifs (C(OH)–C–C–N with tert-alkyl or cyclic N) is 1. The minimum Gasteiger partial charge on any atom is -0.389 e. The molecule has 3 aromatic heterocycles. The summed E-state index contributed by atoms with van der Waals surface area (Å²) >= 11 is 0. The summed E-state index contributed by atoms with van der Waals surface area (Å²) in [6.45, 7) is 1.28. The average molecular weight is 405 g/mol. The molecule has 3 aromatic rings. The van der Waals surface area contributed by atoms with Crippen molar-refractivity contribution in [2.45, 2.75) is 37.5 Å². The van der Waals surface area contributed by atoms with Gasteiger partial charge in [-0.25, -0.2) is 9.97 Å². The van der Waals surface area contributed by atoms with Crippen molar-refractivity contribution in [3.05, 3.63) is 36.3 Å². The lowest BCUT2D eigenvalue weighted by Crippen LogP contribution is -2.50. The molecule has 2 aliphatic heterocycles. The van der Waals surface area contributed by atoms with Crippen molar-refractivity contribution >= 4 is 34.4 Å². The largest absolute Gasteiger partial charge is 0.389 e. The molecule has 2 N–H and O–H groups in total. The number of hydrogen-bond donors (Lipinski definition) is 2. The molecule has 3 aliphatic rings. The van der Waals surface area contributed by atoms with E-state index in [1.165, 1.54) is 0 Å². The Hall–Kier alpha value is -3.20. The number of carbonyl (C=O) groups excluding carboxylic acids is 1. The molecule has 0 bridgehead atoms. The molecule has 5 heterocycles. The van der Waals surface area contributed by atoms with E-state index < -0.39 is 0 Å². The third kappa shape index (κ3) is 2.58. The van der Waals surface area contributed by atoms with E-state index in [9.17, 15) is 9.90 Å². The maximum atomic E-state index is 12.9. The van der Waals surface area contributed by atoms with Gasteiger partial charge in [0.15, 0.2) is 0 Å². The lowest BCUT2D eigenvalue weighted by Gasteiger charge is -2.37. The van der Waals surface area contributed by atoms with Crippen LogP contribution < -0.4 is 10.2 Å². The highest BCUT2D eigenvalue weighted by atomic mass is 16.3. The van der Waals surface area contributed by atoms with Gasteiger partial charge in [0.25, 0.3) is 5.91 Å². The maximum Gasteiger partial charge on any atom is 0.270 e. The molecule has 1 saturated heterocycles. The van der Waals surface area contributed by atoms with E-state index >= 15 is 0 Å². The molecule has 9 nitrogen and oxygen atoms in total. The fraction of sp³-hybridized carbons (Fsp3) is 0.429. The number of nitrogens with zero attached hydrogens (tertiary/aromatic N) is 6. The number of fused-ring (bicyclic) bond motifs is 5. The number of amides is 1. The van der Waals surface area contributed by atoms with Crippen LogP contribution in [0.25, 0.3) is 11.0 Å². The number of anilines is 3. The molecule has 2 atom stereocenters. The van der Waals surface area contributed by atoms with Gasteiger partial charge in [-0.15, -0.1) is 0 Å². The second-order valence-corrected chi connectivity index (χ2v) is 8.44. The van der Waals surface area contributed by atoms with Gasteiger partial charge in [0, 0.05) is 31.7 Å². The number of carbonyl (C=O) groups is 1. The van der Waals surface area contributed by atoms with Gasteiger partial charge in [-0.1, -0.05) is 0 Å². The lowest BCUT2D eigenvalue weighted by atomic mass is 10.1. The molecular formula is C21H23N7O2. The third-order valence-corrected chi connectivity index (χ3v) is 6.60. The van der Waals surface area contributed by atoms with E-state index in [1.807, 2.05) is 30.1 Å². The Kier molecular flexibility index (Phi) is 3.76. The second-order valence-electron chi connectivity index (χ2n) is 8.44. The first-order chi connectivity index (χ1) is 14.6. The predicted octanol–water partition coefficient (Wildman–Crippen LogP) is 1.93. The van der Waals surface area contributed by atoms with E-state index in [-0.39, 0.29) is 24.1 Å². The molecule has 1 aliphatic carbocycles. The van der Waals surface area contributed by atoms with Gasteiger partial charge in [0.1, 0.15) is 17.2 Å². The highest BCUT2D eigenvalue weighted by molar-refractivity contribution is 5.99. The van der Waals surface area contributed by atoms with Crippen LogP contribution in [-0.2, 0) is 0 Å². The summed E-state index contributed by atoms with van der Waals surface area (Å²) in [4.78, 5) is 30.4. The van der Waals surface area contributed by atoms with Gasteiger partial charge in [-0.3, -0.25) is 4.79 Å². The third-order valence-electron chi connectivity index (χ3n) is 6.60. The Morgan fingerprint density at radius 1 is 1.13 bits per heavy atom. The molecule has 0 radical (unpaired) electrons. The van der Waals surface area contributed by atoms with E-state index in [4.69, 9.17) is 4.98 Å². The SMILES string of the molecule is CN1C(=O)c2cc3cnc(Nc4ccc(N5CC(O)C5)cn4)nc3n2C2CCCC21. The monoisotopic (exact) mass is 405 g/mol. The molecule has 154 valence electrons. The summed E-state index contributed by atoms with van der Waals surface area (Å²) in [6.07, 6.45) is 6.51. The van der Waals surface area contributed by atoms with Crippen molar-refractivity contribution in [1.29, 1.82) is 0 Å².